The van der Waals surface area contributed by atoms with Crippen molar-refractivity contribution in [2.75, 3.05) is 4.72 Å². The number of nitrogens with one attached hydrogen (secondary N) is 1. The Kier molecular flexibility index (Phi) is 3.27. The van der Waals surface area contributed by atoms with E-state index in [0.717, 1.165) is 0 Å². The van der Waals surface area contributed by atoms with Crippen molar-refractivity contribution in [2.45, 2.75) is 11.8 Å². The van der Waals surface area contributed by atoms with Crippen LogP contribution in [0, 0.1) is 6.92 Å². The summed E-state index contributed by atoms with van der Waals surface area (Å²) in [5.41, 5.74) is 1.03. The van der Waals surface area contributed by atoms with Crippen LogP contribution in [-0.4, -0.2) is 23.2 Å². The number of hydrogen-bond acceptors (Lipinski definition) is 4. The summed E-state index contributed by atoms with van der Waals surface area (Å²) in [7, 11) is -1.96. The highest BCUT2D eigenvalue weighted by atomic mass is 35.5. The van der Waals surface area contributed by atoms with Crippen molar-refractivity contribution in [1.29, 1.82) is 0 Å². The molecule has 0 fully saturated rings. The van der Waals surface area contributed by atoms with Gasteiger partial charge in [0, 0.05) is 19.4 Å². The largest absolute Gasteiger partial charge is 0.276 e. The van der Waals surface area contributed by atoms with Crippen LogP contribution < -0.4 is 4.72 Å². The van der Waals surface area contributed by atoms with E-state index in [9.17, 15) is 8.42 Å². The molecule has 2 aromatic heterocycles. The van der Waals surface area contributed by atoms with Crippen molar-refractivity contribution in [1.82, 2.24) is 14.8 Å². The van der Waals surface area contributed by atoms with Crippen molar-refractivity contribution in [2.24, 2.45) is 7.05 Å². The van der Waals surface area contributed by atoms with Crippen molar-refractivity contribution in [3.05, 3.63) is 35.4 Å². The molecule has 0 saturated heterocycles. The summed E-state index contributed by atoms with van der Waals surface area (Å²) in [5.74, 6) is 0. The number of hydrogen-bond donors (Lipinski definition) is 1. The van der Waals surface area contributed by atoms with E-state index in [4.69, 9.17) is 11.6 Å². The van der Waals surface area contributed by atoms with Crippen LogP contribution in [0.3, 0.4) is 0 Å². The molecule has 0 spiro atoms. The van der Waals surface area contributed by atoms with E-state index in [-0.39, 0.29) is 10.0 Å². The van der Waals surface area contributed by atoms with E-state index < -0.39 is 10.0 Å². The van der Waals surface area contributed by atoms with Crippen LogP contribution in [-0.2, 0) is 17.1 Å². The molecule has 6 nitrogen and oxygen atoms in total. The Labute approximate surface area is 110 Å². The molecule has 0 aromatic carbocycles. The van der Waals surface area contributed by atoms with Crippen molar-refractivity contribution in [3.8, 4) is 0 Å². The Morgan fingerprint density at radius 3 is 2.72 bits per heavy atom. The van der Waals surface area contributed by atoms with E-state index in [1.165, 1.54) is 23.0 Å². The summed E-state index contributed by atoms with van der Waals surface area (Å²) < 4.78 is 28.1. The first-order valence-corrected chi connectivity index (χ1v) is 6.89. The molecular formula is C10H11ClN4O2S. The van der Waals surface area contributed by atoms with Gasteiger partial charge in [-0.2, -0.15) is 5.10 Å². The molecule has 0 aliphatic heterocycles. The van der Waals surface area contributed by atoms with Gasteiger partial charge in [-0.3, -0.25) is 9.40 Å². The van der Waals surface area contributed by atoms with E-state index in [1.807, 2.05) is 0 Å². The van der Waals surface area contributed by atoms with E-state index in [1.54, 1.807) is 20.2 Å². The van der Waals surface area contributed by atoms with Gasteiger partial charge in [-0.15, -0.1) is 0 Å². The second-order valence-electron chi connectivity index (χ2n) is 3.72. The number of halogens is 1. The summed E-state index contributed by atoms with van der Waals surface area (Å²) in [4.78, 5) is 3.80. The van der Waals surface area contributed by atoms with Crippen LogP contribution >= 0.6 is 11.6 Å². The Balaban J connectivity index is 2.36. The normalized spacial score (nSPS) is 11.5. The maximum atomic E-state index is 12.1. The number of aromatic nitrogens is 3. The van der Waals surface area contributed by atoms with Crippen molar-refractivity contribution in [3.63, 3.8) is 0 Å². The lowest BCUT2D eigenvalue weighted by Gasteiger charge is -2.06. The standard InChI is InChI=1S/C10H11ClN4O2S/c1-7-9(6-15(2)13-7)14-18(16,17)8-3-4-12-10(11)5-8/h3-6,14H,1-2H3. The van der Waals surface area contributed by atoms with Gasteiger partial charge in [0.1, 0.15) is 5.15 Å². The Bertz CT molecular complexity index is 681. The fourth-order valence-corrected chi connectivity index (χ4v) is 2.81. The third kappa shape index (κ3) is 2.62. The van der Waals surface area contributed by atoms with E-state index in [0.29, 0.717) is 11.4 Å². The quantitative estimate of drug-likeness (QED) is 0.869. The zero-order valence-electron chi connectivity index (χ0n) is 9.75. The summed E-state index contributed by atoms with van der Waals surface area (Å²) in [5, 5.41) is 4.18. The summed E-state index contributed by atoms with van der Waals surface area (Å²) in [6, 6.07) is 2.66. The third-order valence-electron chi connectivity index (χ3n) is 2.27. The summed E-state index contributed by atoms with van der Waals surface area (Å²) >= 11 is 5.67. The van der Waals surface area contributed by atoms with Gasteiger partial charge >= 0.3 is 0 Å². The number of rotatable bonds is 3. The summed E-state index contributed by atoms with van der Waals surface area (Å²) in [6.07, 6.45) is 2.93. The molecule has 2 heterocycles. The number of sulfonamides is 1. The van der Waals surface area contributed by atoms with Gasteiger partial charge in [0.05, 0.1) is 16.3 Å². The molecule has 96 valence electrons. The van der Waals surface area contributed by atoms with Crippen LogP contribution in [0.5, 0.6) is 0 Å². The highest BCUT2D eigenvalue weighted by molar-refractivity contribution is 7.92. The van der Waals surface area contributed by atoms with Crippen LogP contribution in [0.4, 0.5) is 5.69 Å². The van der Waals surface area contributed by atoms with Gasteiger partial charge in [-0.25, -0.2) is 13.4 Å². The third-order valence-corrected chi connectivity index (χ3v) is 3.84. The lowest BCUT2D eigenvalue weighted by Crippen LogP contribution is -2.13. The number of pyridine rings is 1. The molecular weight excluding hydrogens is 276 g/mol. The Hall–Kier alpha value is -1.60. The van der Waals surface area contributed by atoms with Gasteiger partial charge in [0.15, 0.2) is 0 Å². The van der Waals surface area contributed by atoms with E-state index in [2.05, 4.69) is 14.8 Å². The molecule has 18 heavy (non-hydrogen) atoms. The first kappa shape index (κ1) is 12.8. The second-order valence-corrected chi connectivity index (χ2v) is 5.79. The van der Waals surface area contributed by atoms with Crippen molar-refractivity contribution >= 4 is 27.3 Å². The first-order valence-electron chi connectivity index (χ1n) is 5.03. The molecule has 0 saturated carbocycles. The van der Waals surface area contributed by atoms with Gasteiger partial charge in [0.25, 0.3) is 10.0 Å². The SMILES string of the molecule is Cc1nn(C)cc1NS(=O)(=O)c1ccnc(Cl)c1. The molecule has 0 aliphatic rings. The topological polar surface area (TPSA) is 76.9 Å². The minimum Gasteiger partial charge on any atom is -0.276 e. The van der Waals surface area contributed by atoms with Crippen LogP contribution in [0.15, 0.2) is 29.4 Å². The summed E-state index contributed by atoms with van der Waals surface area (Å²) in [6.45, 7) is 1.72. The molecule has 0 amide bonds. The van der Waals surface area contributed by atoms with E-state index >= 15 is 0 Å². The minimum absolute atomic E-state index is 0.0609. The number of aryl methyl sites for hydroxylation is 2. The van der Waals surface area contributed by atoms with Gasteiger partial charge in [-0.05, 0) is 19.1 Å². The first-order chi connectivity index (χ1) is 8.38. The predicted molar refractivity (Wildman–Crippen MR) is 68.0 cm³/mol. The van der Waals surface area contributed by atoms with Gasteiger partial charge in [0.2, 0.25) is 0 Å². The Morgan fingerprint density at radius 1 is 1.44 bits per heavy atom. The molecule has 8 heteroatoms. The average Bonchev–Trinajstić information content (AvgIpc) is 2.56. The van der Waals surface area contributed by atoms with Gasteiger partial charge < -0.3 is 0 Å². The zero-order chi connectivity index (χ0) is 13.3. The fourth-order valence-electron chi connectivity index (χ4n) is 1.46. The predicted octanol–water partition coefficient (Wildman–Crippen LogP) is 1.58. The Morgan fingerprint density at radius 2 is 2.17 bits per heavy atom. The highest BCUT2D eigenvalue weighted by Crippen LogP contribution is 2.19. The second kappa shape index (κ2) is 4.58. The molecule has 1 N–H and O–H groups in total. The van der Waals surface area contributed by atoms with Crippen molar-refractivity contribution < 1.29 is 8.42 Å². The molecule has 2 rings (SSSR count). The number of anilines is 1. The lowest BCUT2D eigenvalue weighted by atomic mass is 10.4. The lowest BCUT2D eigenvalue weighted by molar-refractivity contribution is 0.601. The molecule has 0 radical (unpaired) electrons. The van der Waals surface area contributed by atoms with Gasteiger partial charge in [-0.1, -0.05) is 11.6 Å². The molecule has 0 unspecified atom stereocenters. The zero-order valence-corrected chi connectivity index (χ0v) is 11.3. The molecule has 0 aliphatic carbocycles. The minimum atomic E-state index is -3.67. The maximum Gasteiger partial charge on any atom is 0.262 e. The fraction of sp³-hybridized carbons (Fsp3) is 0.200. The maximum absolute atomic E-state index is 12.1. The molecule has 0 atom stereocenters. The average molecular weight is 287 g/mol. The van der Waals surface area contributed by atoms with Crippen LogP contribution in [0.2, 0.25) is 5.15 Å². The highest BCUT2D eigenvalue weighted by Gasteiger charge is 2.17. The molecule has 2 aromatic rings. The monoisotopic (exact) mass is 286 g/mol. The molecule has 0 bridgehead atoms. The van der Waals surface area contributed by atoms with Crippen LogP contribution in [0.25, 0.3) is 0 Å². The smallest absolute Gasteiger partial charge is 0.262 e. The van der Waals surface area contributed by atoms with Crippen LogP contribution in [0.1, 0.15) is 5.69 Å². The number of nitrogens with zero attached hydrogens (tertiary/aromatic N) is 3.